The molecule has 6 rings (SSSR count). The largest absolute Gasteiger partial charge is 0.491 e. The first-order chi connectivity index (χ1) is 19.0. The van der Waals surface area contributed by atoms with Crippen molar-refractivity contribution in [1.29, 1.82) is 0 Å². The van der Waals surface area contributed by atoms with Gasteiger partial charge in [0, 0.05) is 52.0 Å². The number of anilines is 2. The van der Waals surface area contributed by atoms with E-state index in [1.165, 1.54) is 23.8 Å². The van der Waals surface area contributed by atoms with Crippen molar-refractivity contribution in [3.05, 3.63) is 48.4 Å². The highest BCUT2D eigenvalue weighted by molar-refractivity contribution is 5.90. The normalized spacial score (nSPS) is 14.6. The Morgan fingerprint density at radius 1 is 1.03 bits per heavy atom. The first kappa shape index (κ1) is 25.0. The second-order valence-electron chi connectivity index (χ2n) is 9.13. The molecule has 5 heterocycles. The molecule has 0 atom stereocenters. The fraction of sp³-hybridized carbons (Fsp3) is 0.360. The molecule has 5 aromatic rings. The van der Waals surface area contributed by atoms with Crippen molar-refractivity contribution in [1.82, 2.24) is 34.3 Å². The van der Waals surface area contributed by atoms with Crippen molar-refractivity contribution in [3.8, 4) is 17.3 Å². The van der Waals surface area contributed by atoms with E-state index in [2.05, 4.69) is 25.1 Å². The van der Waals surface area contributed by atoms with Gasteiger partial charge in [-0.05, 0) is 12.1 Å². The van der Waals surface area contributed by atoms with Crippen LogP contribution in [0.1, 0.15) is 0 Å². The maximum atomic E-state index is 14.8. The molecule has 4 aromatic heterocycles. The molecule has 2 N–H and O–H groups in total. The third-order valence-electron chi connectivity index (χ3n) is 6.70. The van der Waals surface area contributed by atoms with Crippen molar-refractivity contribution in [2.45, 2.75) is 6.54 Å². The number of nitrogens with two attached hydrogens (primary N) is 1. The first-order valence-electron chi connectivity index (χ1n) is 12.5. The van der Waals surface area contributed by atoms with Gasteiger partial charge in [0.2, 0.25) is 11.8 Å². The van der Waals surface area contributed by atoms with E-state index in [9.17, 15) is 8.78 Å². The van der Waals surface area contributed by atoms with Crippen LogP contribution >= 0.6 is 0 Å². The average molecular weight is 540 g/mol. The second kappa shape index (κ2) is 10.5. The van der Waals surface area contributed by atoms with Gasteiger partial charge in [-0.1, -0.05) is 0 Å². The Hall–Kier alpha value is -4.30. The van der Waals surface area contributed by atoms with E-state index in [0.717, 1.165) is 5.39 Å². The summed E-state index contributed by atoms with van der Waals surface area (Å²) >= 11 is 0. The SMILES string of the molecule is COCCOc1cc(F)c(N2CCN(CCn3ncc4c3nc(N)n3nc(-c5ccco5)nc43)CC2)c(F)c1. The number of rotatable bonds is 9. The Kier molecular flexibility index (Phi) is 6.70. The summed E-state index contributed by atoms with van der Waals surface area (Å²) in [4.78, 5) is 13.0. The Bertz CT molecular complexity index is 1570. The number of benzene rings is 1. The lowest BCUT2D eigenvalue weighted by molar-refractivity contribution is 0.146. The van der Waals surface area contributed by atoms with Crippen LogP contribution in [-0.2, 0) is 11.3 Å². The van der Waals surface area contributed by atoms with Crippen LogP contribution in [0.5, 0.6) is 5.75 Å². The van der Waals surface area contributed by atoms with Gasteiger partial charge in [0.25, 0.3) is 0 Å². The molecule has 0 bridgehead atoms. The minimum atomic E-state index is -0.641. The average Bonchev–Trinajstić information content (AvgIpc) is 3.68. The zero-order valence-corrected chi connectivity index (χ0v) is 21.3. The van der Waals surface area contributed by atoms with Gasteiger partial charge in [0.05, 0.1) is 31.0 Å². The van der Waals surface area contributed by atoms with Gasteiger partial charge in [-0.3, -0.25) is 4.90 Å². The zero-order chi connectivity index (χ0) is 26.9. The van der Waals surface area contributed by atoms with E-state index in [-0.39, 0.29) is 24.0 Å². The molecule has 12 nitrogen and oxygen atoms in total. The number of halogens is 2. The van der Waals surface area contributed by atoms with Crippen LogP contribution in [0.25, 0.3) is 28.3 Å². The highest BCUT2D eigenvalue weighted by Gasteiger charge is 2.24. The van der Waals surface area contributed by atoms with Crippen molar-refractivity contribution < 1.29 is 22.7 Å². The van der Waals surface area contributed by atoms with E-state index >= 15 is 0 Å². The number of fused-ring (bicyclic) bond motifs is 3. The summed E-state index contributed by atoms with van der Waals surface area (Å²) in [5.74, 6) is -0.00481. The van der Waals surface area contributed by atoms with Crippen LogP contribution < -0.4 is 15.4 Å². The minimum absolute atomic E-state index is 0.0299. The van der Waals surface area contributed by atoms with Crippen molar-refractivity contribution in [2.24, 2.45) is 0 Å². The molecule has 0 spiro atoms. The summed E-state index contributed by atoms with van der Waals surface area (Å²) in [5.41, 5.74) is 7.30. The molecule has 1 aliphatic rings. The quantitative estimate of drug-likeness (QED) is 0.279. The third kappa shape index (κ3) is 4.83. The van der Waals surface area contributed by atoms with Gasteiger partial charge in [-0.2, -0.15) is 14.6 Å². The lowest BCUT2D eigenvalue weighted by Gasteiger charge is -2.36. The lowest BCUT2D eigenvalue weighted by atomic mass is 10.2. The molecule has 204 valence electrons. The maximum Gasteiger partial charge on any atom is 0.225 e. The summed E-state index contributed by atoms with van der Waals surface area (Å²) in [6, 6.07) is 5.96. The summed E-state index contributed by atoms with van der Waals surface area (Å²) < 4.78 is 48.4. The predicted octanol–water partition coefficient (Wildman–Crippen LogP) is 2.44. The molecule has 0 aliphatic carbocycles. The van der Waals surface area contributed by atoms with Gasteiger partial charge < -0.3 is 24.5 Å². The van der Waals surface area contributed by atoms with Crippen molar-refractivity contribution in [3.63, 3.8) is 0 Å². The van der Waals surface area contributed by atoms with E-state index in [4.69, 9.17) is 19.6 Å². The number of ether oxygens (including phenoxy) is 2. The molecule has 0 amide bonds. The molecular formula is C25H27F2N9O3. The number of aromatic nitrogens is 6. The molecule has 1 fully saturated rings. The number of hydrogen-bond donors (Lipinski definition) is 1. The number of furan rings is 1. The fourth-order valence-electron chi connectivity index (χ4n) is 4.73. The standard InChI is InChI=1S/C25H27F2N9O3/c1-37-11-12-38-16-13-18(26)21(19(27)14-16)34-7-4-33(5-8-34)6-9-35-23-17(15-29-35)24-30-22(20-3-2-10-39-20)32-36(24)25(28)31-23/h2-3,10,13-15H,4-9,11-12H2,1H3,(H2,28,31). The third-order valence-corrected chi connectivity index (χ3v) is 6.70. The summed E-state index contributed by atoms with van der Waals surface area (Å²) in [7, 11) is 1.53. The number of nitrogens with zero attached hydrogens (tertiary/aromatic N) is 8. The van der Waals surface area contributed by atoms with E-state index < -0.39 is 11.6 Å². The Labute approximate surface area is 221 Å². The van der Waals surface area contributed by atoms with Gasteiger partial charge in [-0.15, -0.1) is 5.10 Å². The molecule has 0 radical (unpaired) electrons. The van der Waals surface area contributed by atoms with Crippen LogP contribution in [0.4, 0.5) is 20.4 Å². The summed E-state index contributed by atoms with van der Waals surface area (Å²) in [5, 5.41) is 9.63. The lowest BCUT2D eigenvalue weighted by Crippen LogP contribution is -2.47. The molecule has 1 aliphatic heterocycles. The Balaban J connectivity index is 1.11. The van der Waals surface area contributed by atoms with Crippen molar-refractivity contribution in [2.75, 3.05) is 63.7 Å². The molecule has 0 saturated carbocycles. The van der Waals surface area contributed by atoms with Gasteiger partial charge >= 0.3 is 0 Å². The number of nitrogen functional groups attached to an aromatic ring is 1. The van der Waals surface area contributed by atoms with Gasteiger partial charge in [-0.25, -0.2) is 18.4 Å². The van der Waals surface area contributed by atoms with Gasteiger partial charge in [0.1, 0.15) is 18.0 Å². The smallest absolute Gasteiger partial charge is 0.225 e. The fourth-order valence-corrected chi connectivity index (χ4v) is 4.73. The van der Waals surface area contributed by atoms with Crippen LogP contribution in [-0.4, -0.2) is 87.3 Å². The molecule has 1 saturated heterocycles. The monoisotopic (exact) mass is 539 g/mol. The van der Waals surface area contributed by atoms with E-state index in [0.29, 0.717) is 68.8 Å². The van der Waals surface area contributed by atoms with Gasteiger partial charge in [0.15, 0.2) is 28.7 Å². The van der Waals surface area contributed by atoms with Crippen LogP contribution in [0, 0.1) is 11.6 Å². The molecule has 39 heavy (non-hydrogen) atoms. The molecule has 1 aromatic carbocycles. The first-order valence-corrected chi connectivity index (χ1v) is 12.5. The van der Waals surface area contributed by atoms with Crippen molar-refractivity contribution >= 4 is 28.3 Å². The highest BCUT2D eigenvalue weighted by atomic mass is 19.1. The predicted molar refractivity (Wildman–Crippen MR) is 139 cm³/mol. The number of methoxy groups -OCH3 is 1. The number of piperazine rings is 1. The molecular weight excluding hydrogens is 512 g/mol. The second-order valence-corrected chi connectivity index (χ2v) is 9.13. The molecule has 0 unspecified atom stereocenters. The zero-order valence-electron chi connectivity index (χ0n) is 21.3. The minimum Gasteiger partial charge on any atom is -0.491 e. The highest BCUT2D eigenvalue weighted by Crippen LogP contribution is 2.29. The topological polar surface area (TPSA) is 125 Å². The van der Waals surface area contributed by atoms with Crippen LogP contribution in [0.2, 0.25) is 0 Å². The number of hydrogen-bond acceptors (Lipinski definition) is 10. The van der Waals surface area contributed by atoms with Crippen LogP contribution in [0.3, 0.4) is 0 Å². The molecule has 14 heteroatoms. The maximum absolute atomic E-state index is 14.8. The summed E-state index contributed by atoms with van der Waals surface area (Å²) in [6.07, 6.45) is 3.25. The Morgan fingerprint density at radius 2 is 1.82 bits per heavy atom. The van der Waals surface area contributed by atoms with E-state index in [1.807, 2.05) is 0 Å². The Morgan fingerprint density at radius 3 is 2.54 bits per heavy atom. The van der Waals surface area contributed by atoms with Crippen LogP contribution in [0.15, 0.2) is 41.1 Å². The summed E-state index contributed by atoms with van der Waals surface area (Å²) in [6.45, 7) is 4.04. The van der Waals surface area contributed by atoms with E-state index in [1.54, 1.807) is 34.2 Å².